The lowest BCUT2D eigenvalue weighted by molar-refractivity contribution is 0.572. The van der Waals surface area contributed by atoms with E-state index < -0.39 is 16.1 Å². The zero-order chi connectivity index (χ0) is 17.9. The summed E-state index contributed by atoms with van der Waals surface area (Å²) in [6, 6.07) is 23.6. The van der Waals surface area contributed by atoms with Crippen molar-refractivity contribution in [1.82, 2.24) is 4.72 Å². The third kappa shape index (κ3) is 4.37. The highest BCUT2D eigenvalue weighted by atomic mass is 79.9. The SMILES string of the molecule is Cc1ccc(S(=O)(=O)N[C@H](c2ccccc2)c2ccc(Br)cc2)cc1. The minimum absolute atomic E-state index is 0.260. The third-order valence-electron chi connectivity index (χ3n) is 3.94. The molecule has 0 bridgehead atoms. The molecule has 0 aromatic heterocycles. The molecule has 0 aliphatic heterocycles. The zero-order valence-electron chi connectivity index (χ0n) is 13.7. The van der Waals surface area contributed by atoms with Crippen LogP contribution in [0.15, 0.2) is 88.2 Å². The van der Waals surface area contributed by atoms with Crippen molar-refractivity contribution < 1.29 is 8.42 Å². The van der Waals surface area contributed by atoms with Gasteiger partial charge in [0, 0.05) is 4.47 Å². The van der Waals surface area contributed by atoms with Gasteiger partial charge < -0.3 is 0 Å². The maximum Gasteiger partial charge on any atom is 0.241 e. The predicted molar refractivity (Wildman–Crippen MR) is 104 cm³/mol. The van der Waals surface area contributed by atoms with E-state index >= 15 is 0 Å². The largest absolute Gasteiger partial charge is 0.241 e. The lowest BCUT2D eigenvalue weighted by atomic mass is 10.00. The summed E-state index contributed by atoms with van der Waals surface area (Å²) >= 11 is 3.42. The maximum absolute atomic E-state index is 12.8. The van der Waals surface area contributed by atoms with Crippen molar-refractivity contribution >= 4 is 26.0 Å². The smallest absolute Gasteiger partial charge is 0.207 e. The highest BCUT2D eigenvalue weighted by Crippen LogP contribution is 2.26. The second-order valence-corrected chi connectivity index (χ2v) is 8.46. The molecule has 0 unspecified atom stereocenters. The van der Waals surface area contributed by atoms with Gasteiger partial charge in [-0.05, 0) is 42.3 Å². The molecule has 3 aromatic rings. The Bertz CT molecular complexity index is 937. The van der Waals surface area contributed by atoms with Crippen molar-refractivity contribution in [2.45, 2.75) is 17.9 Å². The van der Waals surface area contributed by atoms with E-state index in [1.54, 1.807) is 24.3 Å². The van der Waals surface area contributed by atoms with Gasteiger partial charge in [0.15, 0.2) is 0 Å². The molecule has 0 saturated heterocycles. The van der Waals surface area contributed by atoms with Crippen LogP contribution in [0.2, 0.25) is 0 Å². The van der Waals surface area contributed by atoms with E-state index in [9.17, 15) is 8.42 Å². The van der Waals surface area contributed by atoms with Crippen LogP contribution in [-0.2, 0) is 10.0 Å². The van der Waals surface area contributed by atoms with Crippen LogP contribution in [0.1, 0.15) is 22.7 Å². The van der Waals surface area contributed by atoms with Gasteiger partial charge in [0.25, 0.3) is 0 Å². The maximum atomic E-state index is 12.8. The fourth-order valence-electron chi connectivity index (χ4n) is 2.57. The van der Waals surface area contributed by atoms with Crippen LogP contribution in [0, 0.1) is 6.92 Å². The minimum Gasteiger partial charge on any atom is -0.207 e. The van der Waals surface area contributed by atoms with E-state index in [-0.39, 0.29) is 4.90 Å². The Balaban J connectivity index is 2.00. The van der Waals surface area contributed by atoms with E-state index in [1.807, 2.05) is 61.5 Å². The highest BCUT2D eigenvalue weighted by molar-refractivity contribution is 9.10. The summed E-state index contributed by atoms with van der Waals surface area (Å²) in [5.41, 5.74) is 2.79. The summed E-state index contributed by atoms with van der Waals surface area (Å²) in [6.07, 6.45) is 0. The fourth-order valence-corrected chi connectivity index (χ4v) is 4.05. The number of aryl methyl sites for hydroxylation is 1. The summed E-state index contributed by atoms with van der Waals surface area (Å²) in [6.45, 7) is 1.93. The van der Waals surface area contributed by atoms with Crippen molar-refractivity contribution in [3.8, 4) is 0 Å². The molecule has 0 heterocycles. The normalized spacial score (nSPS) is 12.7. The molecule has 0 saturated carbocycles. The van der Waals surface area contributed by atoms with Gasteiger partial charge in [-0.2, -0.15) is 4.72 Å². The number of sulfonamides is 1. The highest BCUT2D eigenvalue weighted by Gasteiger charge is 2.22. The van der Waals surface area contributed by atoms with Gasteiger partial charge in [-0.1, -0.05) is 76.1 Å². The molecular formula is C20H18BrNO2S. The molecule has 1 N–H and O–H groups in total. The van der Waals surface area contributed by atoms with E-state index in [4.69, 9.17) is 0 Å². The Kier molecular flexibility index (Phi) is 5.37. The van der Waals surface area contributed by atoms with E-state index in [0.29, 0.717) is 0 Å². The number of benzene rings is 3. The molecule has 3 aromatic carbocycles. The average Bonchev–Trinajstić information content (AvgIpc) is 2.62. The molecular weight excluding hydrogens is 398 g/mol. The van der Waals surface area contributed by atoms with Gasteiger partial charge in [0.05, 0.1) is 10.9 Å². The predicted octanol–water partition coefficient (Wildman–Crippen LogP) is 4.83. The first-order valence-corrected chi connectivity index (χ1v) is 10.1. The molecule has 25 heavy (non-hydrogen) atoms. The van der Waals surface area contributed by atoms with Crippen molar-refractivity contribution in [3.05, 3.63) is 100 Å². The van der Waals surface area contributed by atoms with Crippen LogP contribution in [0.3, 0.4) is 0 Å². The Hall–Kier alpha value is -1.95. The zero-order valence-corrected chi connectivity index (χ0v) is 16.1. The molecule has 3 rings (SSSR count). The van der Waals surface area contributed by atoms with E-state index in [2.05, 4.69) is 20.7 Å². The molecule has 3 nitrogen and oxygen atoms in total. The van der Waals surface area contributed by atoms with Crippen molar-refractivity contribution in [2.24, 2.45) is 0 Å². The molecule has 0 spiro atoms. The van der Waals surface area contributed by atoms with Gasteiger partial charge >= 0.3 is 0 Å². The number of rotatable bonds is 5. The Morgan fingerprint density at radius 2 is 1.36 bits per heavy atom. The molecule has 0 aliphatic rings. The Morgan fingerprint density at radius 1 is 0.800 bits per heavy atom. The van der Waals surface area contributed by atoms with Gasteiger partial charge in [-0.25, -0.2) is 8.42 Å². The Labute approximate surface area is 156 Å². The van der Waals surface area contributed by atoms with Crippen LogP contribution in [-0.4, -0.2) is 8.42 Å². The quantitative estimate of drug-likeness (QED) is 0.648. The van der Waals surface area contributed by atoms with Crippen molar-refractivity contribution in [2.75, 3.05) is 0 Å². The number of hydrogen-bond donors (Lipinski definition) is 1. The second kappa shape index (κ2) is 7.52. The van der Waals surface area contributed by atoms with Gasteiger partial charge in [-0.15, -0.1) is 0 Å². The van der Waals surface area contributed by atoms with Crippen molar-refractivity contribution in [1.29, 1.82) is 0 Å². The van der Waals surface area contributed by atoms with Crippen LogP contribution in [0.4, 0.5) is 0 Å². The minimum atomic E-state index is -3.64. The molecule has 0 aliphatic carbocycles. The van der Waals surface area contributed by atoms with Crippen LogP contribution >= 0.6 is 15.9 Å². The lowest BCUT2D eigenvalue weighted by Gasteiger charge is -2.20. The summed E-state index contributed by atoms with van der Waals surface area (Å²) in [5, 5.41) is 0. The van der Waals surface area contributed by atoms with E-state index in [0.717, 1.165) is 21.2 Å². The second-order valence-electron chi connectivity index (χ2n) is 5.83. The van der Waals surface area contributed by atoms with Crippen LogP contribution in [0.5, 0.6) is 0 Å². The molecule has 5 heteroatoms. The van der Waals surface area contributed by atoms with E-state index in [1.165, 1.54) is 0 Å². The standard InChI is InChI=1S/C20H18BrNO2S/c1-15-7-13-19(14-8-15)25(23,24)22-20(16-5-3-2-4-6-16)17-9-11-18(21)12-10-17/h2-14,20,22H,1H3/t20-/m1/s1. The van der Waals surface area contributed by atoms with Gasteiger partial charge in [0.1, 0.15) is 0 Å². The first-order valence-electron chi connectivity index (χ1n) is 7.85. The number of halogens is 1. The topological polar surface area (TPSA) is 46.2 Å². The molecule has 0 fully saturated rings. The fraction of sp³-hybridized carbons (Fsp3) is 0.100. The number of nitrogens with one attached hydrogen (secondary N) is 1. The molecule has 128 valence electrons. The van der Waals surface area contributed by atoms with Crippen LogP contribution < -0.4 is 4.72 Å². The lowest BCUT2D eigenvalue weighted by Crippen LogP contribution is -2.29. The van der Waals surface area contributed by atoms with Gasteiger partial charge in [-0.3, -0.25) is 0 Å². The monoisotopic (exact) mass is 415 g/mol. The summed E-state index contributed by atoms with van der Waals surface area (Å²) in [5.74, 6) is 0. The first kappa shape index (κ1) is 17.9. The van der Waals surface area contributed by atoms with Crippen molar-refractivity contribution in [3.63, 3.8) is 0 Å². The average molecular weight is 416 g/mol. The summed E-state index contributed by atoms with van der Waals surface area (Å²) in [4.78, 5) is 0.260. The summed E-state index contributed by atoms with van der Waals surface area (Å²) < 4.78 is 29.5. The Morgan fingerprint density at radius 3 is 1.96 bits per heavy atom. The molecule has 0 amide bonds. The van der Waals surface area contributed by atoms with Crippen LogP contribution in [0.25, 0.3) is 0 Å². The molecule has 1 atom stereocenters. The summed E-state index contributed by atoms with van der Waals surface area (Å²) in [7, 11) is -3.64. The molecule has 0 radical (unpaired) electrons. The van der Waals surface area contributed by atoms with Gasteiger partial charge in [0.2, 0.25) is 10.0 Å². The first-order chi connectivity index (χ1) is 12.0. The third-order valence-corrected chi connectivity index (χ3v) is 5.91. The number of hydrogen-bond acceptors (Lipinski definition) is 2.